The molecule has 0 amide bonds. The molecule has 0 spiro atoms. The van der Waals surface area contributed by atoms with Gasteiger partial charge in [0, 0.05) is 50.4 Å². The van der Waals surface area contributed by atoms with E-state index in [0.717, 1.165) is 37.3 Å². The Balaban J connectivity index is 1.39. The van der Waals surface area contributed by atoms with Crippen LogP contribution in [0.15, 0.2) is 24.3 Å². The zero-order valence-corrected chi connectivity index (χ0v) is 19.8. The van der Waals surface area contributed by atoms with E-state index in [1.165, 1.54) is 0 Å². The number of aromatic hydroxyl groups is 2. The second kappa shape index (κ2) is 8.82. The molecule has 2 fully saturated rings. The Morgan fingerprint density at radius 1 is 0.765 bits per heavy atom. The Morgan fingerprint density at radius 3 is 1.65 bits per heavy atom. The van der Waals surface area contributed by atoms with Crippen LogP contribution in [0.3, 0.4) is 0 Å². The van der Waals surface area contributed by atoms with E-state index in [2.05, 4.69) is 9.80 Å². The lowest BCUT2D eigenvalue weighted by atomic mass is 9.88. The first-order valence-corrected chi connectivity index (χ1v) is 13.5. The fourth-order valence-electron chi connectivity index (χ4n) is 5.27. The maximum atomic E-state index is 13.8. The Labute approximate surface area is 199 Å². The third-order valence-electron chi connectivity index (χ3n) is 7.12. The van der Waals surface area contributed by atoms with Gasteiger partial charge in [-0.05, 0) is 12.1 Å². The highest BCUT2D eigenvalue weighted by Crippen LogP contribution is 2.67. The zero-order chi connectivity index (χ0) is 23.3. The first-order chi connectivity index (χ1) is 16.5. The maximum Gasteiger partial charge on any atom is 0.333 e. The van der Waals surface area contributed by atoms with E-state index in [4.69, 9.17) is 18.5 Å². The first kappa shape index (κ1) is 22.3. The van der Waals surface area contributed by atoms with Crippen molar-refractivity contribution in [1.29, 1.82) is 0 Å². The van der Waals surface area contributed by atoms with Crippen LogP contribution in [-0.2, 0) is 22.6 Å². The number of hydrogen-bond acceptors (Lipinski definition) is 9. The van der Waals surface area contributed by atoms with Gasteiger partial charge in [0.15, 0.2) is 11.5 Å². The molecule has 0 unspecified atom stereocenters. The average molecular weight is 488 g/mol. The number of fused-ring (bicyclic) bond motifs is 6. The van der Waals surface area contributed by atoms with Crippen molar-refractivity contribution in [3.05, 3.63) is 46.5 Å². The smallest absolute Gasteiger partial charge is 0.333 e. The minimum Gasteiger partial charge on any atom is -0.617 e. The van der Waals surface area contributed by atoms with Crippen molar-refractivity contribution in [2.45, 2.75) is 19.0 Å². The molecular formula is C24H29N2O7P. The van der Waals surface area contributed by atoms with Crippen LogP contribution >= 0.6 is 7.94 Å². The minimum absolute atomic E-state index is 0.122. The molecule has 0 atom stereocenters. The van der Waals surface area contributed by atoms with E-state index in [-0.39, 0.29) is 23.6 Å². The number of benzene rings is 2. The number of hydrogen-bond donors (Lipinski definition) is 2. The van der Waals surface area contributed by atoms with Gasteiger partial charge in [-0.25, -0.2) is 0 Å². The van der Waals surface area contributed by atoms with Crippen molar-refractivity contribution < 1.29 is 33.6 Å². The quantitative estimate of drug-likeness (QED) is 0.623. The van der Waals surface area contributed by atoms with Gasteiger partial charge < -0.3 is 33.6 Å². The van der Waals surface area contributed by atoms with Crippen LogP contribution in [-0.4, -0.2) is 78.8 Å². The molecule has 6 rings (SSSR count). The Morgan fingerprint density at radius 2 is 1.21 bits per heavy atom. The molecule has 34 heavy (non-hydrogen) atoms. The molecule has 4 heterocycles. The van der Waals surface area contributed by atoms with Crippen LogP contribution in [0.1, 0.15) is 28.2 Å². The first-order valence-electron chi connectivity index (χ1n) is 11.8. The molecule has 2 bridgehead atoms. The largest absolute Gasteiger partial charge is 0.617 e. The fourth-order valence-corrected chi connectivity index (χ4v) is 7.28. The second-order valence-corrected chi connectivity index (χ2v) is 11.2. The highest BCUT2D eigenvalue weighted by Gasteiger charge is 2.51. The summed E-state index contributed by atoms with van der Waals surface area (Å²) in [6.45, 7) is 6.56. The summed E-state index contributed by atoms with van der Waals surface area (Å²) in [5, 5.41) is 21.4. The van der Waals surface area contributed by atoms with Crippen molar-refractivity contribution in [2.24, 2.45) is 0 Å². The van der Waals surface area contributed by atoms with E-state index in [1.807, 2.05) is 12.1 Å². The van der Waals surface area contributed by atoms with E-state index < -0.39 is 7.94 Å². The molecule has 0 radical (unpaired) electrons. The SMILES string of the molecule is [O-][P+]12CC(c3ccc(O)c(CN4CCOCC4)c3O1)c1ccc(O)c(CN3CCOCC3)c1O2. The molecule has 2 aromatic carbocycles. The molecule has 10 heteroatoms. The summed E-state index contributed by atoms with van der Waals surface area (Å²) in [6.07, 6.45) is 0.233. The molecule has 0 aromatic heterocycles. The van der Waals surface area contributed by atoms with E-state index in [9.17, 15) is 15.1 Å². The Bertz CT molecular complexity index is 1010. The van der Waals surface area contributed by atoms with Gasteiger partial charge in [0.05, 0.1) is 43.5 Å². The van der Waals surface area contributed by atoms with Gasteiger partial charge in [-0.15, -0.1) is 0 Å². The summed E-state index contributed by atoms with van der Waals surface area (Å²) in [5.74, 6) is 0.958. The van der Waals surface area contributed by atoms with Crippen LogP contribution < -0.4 is 13.9 Å². The van der Waals surface area contributed by atoms with Crippen LogP contribution in [0.25, 0.3) is 0 Å². The number of phenols is 2. The van der Waals surface area contributed by atoms with Crippen molar-refractivity contribution in [3.8, 4) is 23.0 Å². The topological polar surface area (TPSA) is 107 Å². The average Bonchev–Trinajstić information content (AvgIpc) is 2.84. The molecule has 0 saturated carbocycles. The van der Waals surface area contributed by atoms with Crippen LogP contribution in [0.5, 0.6) is 23.0 Å². The van der Waals surface area contributed by atoms with Gasteiger partial charge in [0.1, 0.15) is 17.7 Å². The number of nitrogens with zero attached hydrogens (tertiary/aromatic N) is 2. The van der Waals surface area contributed by atoms with Crippen molar-refractivity contribution in [1.82, 2.24) is 9.80 Å². The van der Waals surface area contributed by atoms with Gasteiger partial charge in [-0.1, -0.05) is 12.1 Å². The van der Waals surface area contributed by atoms with E-state index in [1.54, 1.807) is 12.1 Å². The molecule has 4 aliphatic heterocycles. The summed E-state index contributed by atoms with van der Waals surface area (Å²) in [5.41, 5.74) is 3.03. The predicted molar refractivity (Wildman–Crippen MR) is 123 cm³/mol. The van der Waals surface area contributed by atoms with Crippen LogP contribution in [0.4, 0.5) is 0 Å². The Hall–Kier alpha value is -2.13. The lowest BCUT2D eigenvalue weighted by Crippen LogP contribution is -2.38. The van der Waals surface area contributed by atoms with Crippen LogP contribution in [0.2, 0.25) is 0 Å². The maximum absolute atomic E-state index is 13.8. The Kier molecular flexibility index (Phi) is 5.80. The van der Waals surface area contributed by atoms with Crippen molar-refractivity contribution in [2.75, 3.05) is 58.8 Å². The second-order valence-electron chi connectivity index (χ2n) is 9.27. The molecule has 2 saturated heterocycles. The molecule has 182 valence electrons. The molecular weight excluding hydrogens is 459 g/mol. The van der Waals surface area contributed by atoms with Gasteiger partial charge in [0.2, 0.25) is 0 Å². The van der Waals surface area contributed by atoms with Crippen molar-refractivity contribution >= 4 is 7.94 Å². The summed E-state index contributed by atoms with van der Waals surface area (Å²) in [6, 6.07) is 7.09. The highest BCUT2D eigenvalue weighted by atomic mass is 31.2. The normalized spacial score (nSPS) is 26.8. The van der Waals surface area contributed by atoms with E-state index >= 15 is 0 Å². The summed E-state index contributed by atoms with van der Waals surface area (Å²) in [4.78, 5) is 18.2. The summed E-state index contributed by atoms with van der Waals surface area (Å²) < 4.78 is 23.1. The third-order valence-corrected chi connectivity index (χ3v) is 8.85. The van der Waals surface area contributed by atoms with Gasteiger partial charge >= 0.3 is 7.94 Å². The summed E-state index contributed by atoms with van der Waals surface area (Å²) >= 11 is 0. The lowest BCUT2D eigenvalue weighted by molar-refractivity contribution is -0.204. The third kappa shape index (κ3) is 4.00. The fraction of sp³-hybridized carbons (Fsp3) is 0.500. The monoisotopic (exact) mass is 488 g/mol. The highest BCUT2D eigenvalue weighted by molar-refractivity contribution is 7.60. The molecule has 2 N–H and O–H groups in total. The number of morpholine rings is 2. The lowest BCUT2D eigenvalue weighted by Gasteiger charge is -2.42. The van der Waals surface area contributed by atoms with Crippen LogP contribution in [0, 0.1) is 0 Å². The standard InChI is InChI=1S/C24H29N2O7P/c27-21-3-1-16-20-15-34(29,32-23(16)18(21)13-25-5-9-30-10-6-25)33-24-17(20)2-4-22(28)19(24)14-26-7-11-31-12-8-26/h1-4,20,27-28H,5-15H2. The number of phenolic OH excluding ortho intramolecular Hbond substituents is 2. The molecule has 0 aliphatic carbocycles. The minimum atomic E-state index is -3.54. The number of rotatable bonds is 4. The summed E-state index contributed by atoms with van der Waals surface area (Å²) in [7, 11) is -3.54. The zero-order valence-electron chi connectivity index (χ0n) is 18.9. The van der Waals surface area contributed by atoms with E-state index in [0.29, 0.717) is 62.1 Å². The number of ether oxygens (including phenoxy) is 2. The van der Waals surface area contributed by atoms with Gasteiger partial charge in [0.25, 0.3) is 0 Å². The van der Waals surface area contributed by atoms with Gasteiger partial charge in [-0.2, -0.15) is 0 Å². The predicted octanol–water partition coefficient (Wildman–Crippen LogP) is 1.80. The van der Waals surface area contributed by atoms with Gasteiger partial charge in [-0.3, -0.25) is 9.80 Å². The van der Waals surface area contributed by atoms with Crippen molar-refractivity contribution in [3.63, 3.8) is 0 Å². The molecule has 2 aromatic rings. The molecule has 4 aliphatic rings. The molecule has 9 nitrogen and oxygen atoms in total.